The first kappa shape index (κ1) is 18.4. The quantitative estimate of drug-likeness (QED) is 0.823. The Kier molecular flexibility index (Phi) is 6.73. The molecule has 132 valence electrons. The van der Waals surface area contributed by atoms with Crippen LogP contribution < -0.4 is 10.1 Å². The number of urea groups is 1. The number of halogens is 1. The minimum absolute atomic E-state index is 0.0488. The summed E-state index contributed by atoms with van der Waals surface area (Å²) in [7, 11) is 1.71. The summed E-state index contributed by atoms with van der Waals surface area (Å²) in [6.45, 7) is 0.843. The van der Waals surface area contributed by atoms with Crippen molar-refractivity contribution in [1.29, 1.82) is 0 Å². The molecule has 0 radical (unpaired) electrons. The highest BCUT2D eigenvalue weighted by molar-refractivity contribution is 6.30. The highest BCUT2D eigenvalue weighted by Gasteiger charge is 2.27. The zero-order valence-electron chi connectivity index (χ0n) is 13.7. The van der Waals surface area contributed by atoms with Crippen LogP contribution in [0.25, 0.3) is 0 Å². The average Bonchev–Trinajstić information content (AvgIpc) is 2.57. The molecule has 0 aromatic heterocycles. The fraction of sp³-hybridized carbons (Fsp3) is 0.529. The lowest BCUT2D eigenvalue weighted by Gasteiger charge is -2.28. The summed E-state index contributed by atoms with van der Waals surface area (Å²) in [6, 6.07) is 6.95. The number of hydrogen-bond donors (Lipinski definition) is 2. The summed E-state index contributed by atoms with van der Waals surface area (Å²) < 4.78 is 5.57. The van der Waals surface area contributed by atoms with Crippen molar-refractivity contribution in [3.05, 3.63) is 29.3 Å². The SMILES string of the molecule is CN(CCOc1ccc(Cl)cc1)C(=O)NC1CCC(C(=O)O)CC1. The van der Waals surface area contributed by atoms with E-state index in [1.165, 1.54) is 0 Å². The third kappa shape index (κ3) is 5.60. The molecule has 0 saturated heterocycles. The molecule has 2 N–H and O–H groups in total. The smallest absolute Gasteiger partial charge is 0.317 e. The summed E-state index contributed by atoms with van der Waals surface area (Å²) in [4.78, 5) is 24.6. The topological polar surface area (TPSA) is 78.9 Å². The van der Waals surface area contributed by atoms with E-state index in [0.29, 0.717) is 49.6 Å². The van der Waals surface area contributed by atoms with Gasteiger partial charge in [-0.25, -0.2) is 4.79 Å². The maximum atomic E-state index is 12.1. The Morgan fingerprint density at radius 3 is 2.46 bits per heavy atom. The van der Waals surface area contributed by atoms with Crippen LogP contribution in [0.4, 0.5) is 4.79 Å². The minimum Gasteiger partial charge on any atom is -0.492 e. The number of amides is 2. The standard InChI is InChI=1S/C17H23ClN2O4/c1-20(10-11-24-15-8-4-13(18)5-9-15)17(23)19-14-6-2-12(3-7-14)16(21)22/h4-5,8-9,12,14H,2-3,6-7,10-11H2,1H3,(H,19,23)(H,21,22). The van der Waals surface area contributed by atoms with Gasteiger partial charge in [-0.05, 0) is 49.9 Å². The summed E-state index contributed by atoms with van der Waals surface area (Å²) in [5.41, 5.74) is 0. The third-order valence-electron chi connectivity index (χ3n) is 4.26. The Morgan fingerprint density at radius 1 is 1.25 bits per heavy atom. The van der Waals surface area contributed by atoms with E-state index in [-0.39, 0.29) is 18.0 Å². The highest BCUT2D eigenvalue weighted by Crippen LogP contribution is 2.24. The first-order valence-corrected chi connectivity index (χ1v) is 8.46. The number of carboxylic acid groups (broad SMARTS) is 1. The lowest BCUT2D eigenvalue weighted by molar-refractivity contribution is -0.142. The molecule has 0 heterocycles. The Balaban J connectivity index is 1.67. The van der Waals surface area contributed by atoms with Crippen LogP contribution in [0.3, 0.4) is 0 Å². The van der Waals surface area contributed by atoms with Crippen molar-refractivity contribution in [1.82, 2.24) is 10.2 Å². The number of carbonyl (C=O) groups excluding carboxylic acids is 1. The van der Waals surface area contributed by atoms with Gasteiger partial charge in [-0.15, -0.1) is 0 Å². The molecule has 2 rings (SSSR count). The number of benzene rings is 1. The number of ether oxygens (including phenoxy) is 1. The van der Waals surface area contributed by atoms with E-state index in [2.05, 4.69) is 5.32 Å². The lowest BCUT2D eigenvalue weighted by Crippen LogP contribution is -2.45. The Morgan fingerprint density at radius 2 is 1.88 bits per heavy atom. The summed E-state index contributed by atoms with van der Waals surface area (Å²) >= 11 is 5.81. The number of aliphatic carboxylic acids is 1. The molecule has 1 saturated carbocycles. The van der Waals surface area contributed by atoms with E-state index in [1.54, 1.807) is 36.2 Å². The first-order valence-electron chi connectivity index (χ1n) is 8.08. The zero-order chi connectivity index (χ0) is 17.5. The number of carboxylic acids is 1. The van der Waals surface area contributed by atoms with Crippen LogP contribution in [0.15, 0.2) is 24.3 Å². The average molecular weight is 355 g/mol. The van der Waals surface area contributed by atoms with Crippen molar-refractivity contribution in [2.75, 3.05) is 20.2 Å². The normalized spacial score (nSPS) is 20.2. The van der Waals surface area contributed by atoms with Crippen molar-refractivity contribution in [3.8, 4) is 5.75 Å². The monoisotopic (exact) mass is 354 g/mol. The molecule has 7 heteroatoms. The van der Waals surface area contributed by atoms with E-state index >= 15 is 0 Å². The van der Waals surface area contributed by atoms with Crippen LogP contribution in [0, 0.1) is 5.92 Å². The number of likely N-dealkylation sites (N-methyl/N-ethyl adjacent to an activating group) is 1. The molecule has 0 spiro atoms. The van der Waals surface area contributed by atoms with Gasteiger partial charge in [0.2, 0.25) is 0 Å². The molecule has 6 nitrogen and oxygen atoms in total. The van der Waals surface area contributed by atoms with Crippen LogP contribution >= 0.6 is 11.6 Å². The second kappa shape index (κ2) is 8.78. The van der Waals surface area contributed by atoms with Gasteiger partial charge in [0.15, 0.2) is 0 Å². The maximum Gasteiger partial charge on any atom is 0.317 e. The Hall–Kier alpha value is -1.95. The van der Waals surface area contributed by atoms with Crippen LogP contribution in [0.1, 0.15) is 25.7 Å². The highest BCUT2D eigenvalue weighted by atomic mass is 35.5. The molecular weight excluding hydrogens is 332 g/mol. The largest absolute Gasteiger partial charge is 0.492 e. The Bertz CT molecular complexity index is 556. The van der Waals surface area contributed by atoms with E-state index in [9.17, 15) is 9.59 Å². The molecule has 0 bridgehead atoms. The van der Waals surface area contributed by atoms with Crippen LogP contribution in [-0.4, -0.2) is 48.2 Å². The van der Waals surface area contributed by atoms with Gasteiger partial charge < -0.3 is 20.1 Å². The second-order valence-corrected chi connectivity index (χ2v) is 6.50. The number of nitrogens with one attached hydrogen (secondary N) is 1. The predicted octanol–water partition coefficient (Wildman–Crippen LogP) is 3.00. The zero-order valence-corrected chi connectivity index (χ0v) is 14.5. The third-order valence-corrected chi connectivity index (χ3v) is 4.51. The first-order chi connectivity index (χ1) is 11.5. The van der Waals surface area contributed by atoms with Crippen LogP contribution in [0.2, 0.25) is 5.02 Å². The van der Waals surface area contributed by atoms with E-state index < -0.39 is 5.97 Å². The van der Waals surface area contributed by atoms with Crippen molar-refractivity contribution >= 4 is 23.6 Å². The van der Waals surface area contributed by atoms with Gasteiger partial charge >= 0.3 is 12.0 Å². The van der Waals surface area contributed by atoms with Crippen molar-refractivity contribution in [3.63, 3.8) is 0 Å². The van der Waals surface area contributed by atoms with E-state index in [4.69, 9.17) is 21.4 Å². The summed E-state index contributed by atoms with van der Waals surface area (Å²) in [6.07, 6.45) is 2.64. The van der Waals surface area contributed by atoms with Gasteiger partial charge in [0, 0.05) is 18.1 Å². The van der Waals surface area contributed by atoms with Gasteiger partial charge in [0.05, 0.1) is 12.5 Å². The van der Waals surface area contributed by atoms with E-state index in [0.717, 1.165) is 0 Å². The fourth-order valence-electron chi connectivity index (χ4n) is 2.70. The molecule has 2 amide bonds. The molecule has 1 aromatic carbocycles. The molecular formula is C17H23ClN2O4. The molecule has 1 aliphatic rings. The molecule has 1 fully saturated rings. The van der Waals surface area contributed by atoms with Gasteiger partial charge in [-0.3, -0.25) is 4.79 Å². The van der Waals surface area contributed by atoms with Gasteiger partial charge in [-0.2, -0.15) is 0 Å². The fourth-order valence-corrected chi connectivity index (χ4v) is 2.83. The van der Waals surface area contributed by atoms with Crippen molar-refractivity contribution in [2.45, 2.75) is 31.7 Å². The van der Waals surface area contributed by atoms with Gasteiger partial charge in [-0.1, -0.05) is 11.6 Å². The minimum atomic E-state index is -0.740. The molecule has 1 aliphatic carbocycles. The van der Waals surface area contributed by atoms with Crippen LogP contribution in [-0.2, 0) is 4.79 Å². The summed E-state index contributed by atoms with van der Waals surface area (Å²) in [5.74, 6) is -0.305. The number of hydrogen-bond acceptors (Lipinski definition) is 3. The number of rotatable bonds is 6. The van der Waals surface area contributed by atoms with Crippen molar-refractivity contribution < 1.29 is 19.4 Å². The Labute approximate surface area is 146 Å². The molecule has 0 atom stereocenters. The second-order valence-electron chi connectivity index (χ2n) is 6.06. The van der Waals surface area contributed by atoms with Crippen LogP contribution in [0.5, 0.6) is 5.75 Å². The van der Waals surface area contributed by atoms with Gasteiger partial charge in [0.1, 0.15) is 12.4 Å². The maximum absolute atomic E-state index is 12.1. The predicted molar refractivity (Wildman–Crippen MR) is 91.5 cm³/mol. The van der Waals surface area contributed by atoms with Crippen molar-refractivity contribution in [2.24, 2.45) is 5.92 Å². The molecule has 1 aromatic rings. The van der Waals surface area contributed by atoms with Gasteiger partial charge in [0.25, 0.3) is 0 Å². The molecule has 0 aliphatic heterocycles. The lowest BCUT2D eigenvalue weighted by atomic mass is 9.86. The van der Waals surface area contributed by atoms with E-state index in [1.807, 2.05) is 0 Å². The summed E-state index contributed by atoms with van der Waals surface area (Å²) in [5, 5.41) is 12.6. The number of carbonyl (C=O) groups is 2. The molecule has 24 heavy (non-hydrogen) atoms. The molecule has 0 unspecified atom stereocenters. The number of nitrogens with zero attached hydrogens (tertiary/aromatic N) is 1.